The number of aromatic nitrogens is 2. The van der Waals surface area contributed by atoms with Crippen LogP contribution >= 0.6 is 0 Å². The zero-order valence-corrected chi connectivity index (χ0v) is 14.9. The normalized spacial score (nSPS) is 10.8. The van der Waals surface area contributed by atoms with Crippen molar-refractivity contribution in [3.8, 4) is 0 Å². The third-order valence-corrected chi connectivity index (χ3v) is 4.25. The van der Waals surface area contributed by atoms with Gasteiger partial charge in [-0.05, 0) is 37.6 Å². The number of nitrogens with zero attached hydrogens (tertiary/aromatic N) is 2. The maximum Gasteiger partial charge on any atom is 0.329 e. The fraction of sp³-hybridized carbons (Fsp3) is 0.250. The van der Waals surface area contributed by atoms with Gasteiger partial charge in [-0.15, -0.1) is 0 Å². The summed E-state index contributed by atoms with van der Waals surface area (Å²) in [4.78, 5) is 37.0. The van der Waals surface area contributed by atoms with Crippen molar-refractivity contribution in [2.24, 2.45) is 0 Å². The van der Waals surface area contributed by atoms with Gasteiger partial charge in [0.25, 0.3) is 0 Å². The van der Waals surface area contributed by atoms with Crippen LogP contribution in [0.25, 0.3) is 11.0 Å². The molecule has 0 aliphatic heterocycles. The molecule has 0 saturated heterocycles. The summed E-state index contributed by atoms with van der Waals surface area (Å²) < 4.78 is 3.16. The minimum atomic E-state index is -0.347. The molecule has 3 rings (SSSR count). The van der Waals surface area contributed by atoms with Crippen molar-refractivity contribution in [1.82, 2.24) is 9.13 Å². The van der Waals surface area contributed by atoms with Crippen LogP contribution in [-0.2, 0) is 17.9 Å². The molecule has 0 aliphatic carbocycles. The number of fused-ring (bicyclic) bond motifs is 1. The minimum Gasteiger partial charge on any atom is -0.324 e. The number of benzene rings is 2. The lowest BCUT2D eigenvalue weighted by molar-refractivity contribution is -0.116. The molecule has 0 unspecified atom stereocenters. The molecule has 1 N–H and O–H groups in total. The molecule has 26 heavy (non-hydrogen) atoms. The third-order valence-electron chi connectivity index (χ3n) is 4.25. The van der Waals surface area contributed by atoms with Crippen LogP contribution in [0.2, 0.25) is 0 Å². The summed E-state index contributed by atoms with van der Waals surface area (Å²) in [6, 6.07) is 14.3. The quantitative estimate of drug-likeness (QED) is 0.694. The van der Waals surface area contributed by atoms with Gasteiger partial charge in [0.2, 0.25) is 5.91 Å². The number of hydrogen-bond donors (Lipinski definition) is 1. The van der Waals surface area contributed by atoms with Gasteiger partial charge in [0.15, 0.2) is 5.78 Å². The van der Waals surface area contributed by atoms with Gasteiger partial charge in [0.1, 0.15) is 6.54 Å². The van der Waals surface area contributed by atoms with Crippen LogP contribution in [0.1, 0.15) is 30.6 Å². The number of amides is 1. The van der Waals surface area contributed by atoms with E-state index in [2.05, 4.69) is 5.32 Å². The zero-order chi connectivity index (χ0) is 18.7. The lowest BCUT2D eigenvalue weighted by Gasteiger charge is -2.09. The van der Waals surface area contributed by atoms with E-state index in [1.54, 1.807) is 28.8 Å². The highest BCUT2D eigenvalue weighted by Crippen LogP contribution is 2.17. The zero-order valence-electron chi connectivity index (χ0n) is 14.9. The van der Waals surface area contributed by atoms with Crippen molar-refractivity contribution in [2.45, 2.75) is 33.4 Å². The number of carbonyl (C=O) groups is 2. The minimum absolute atomic E-state index is 0.109. The summed E-state index contributed by atoms with van der Waals surface area (Å²) in [5.41, 5.74) is 2.23. The summed E-state index contributed by atoms with van der Waals surface area (Å²) in [5, 5.41) is 2.74. The third kappa shape index (κ3) is 3.31. The first-order valence-corrected chi connectivity index (χ1v) is 8.60. The van der Waals surface area contributed by atoms with Crippen molar-refractivity contribution >= 4 is 28.4 Å². The first-order chi connectivity index (χ1) is 12.5. The molecule has 0 fully saturated rings. The molecule has 2 aromatic carbocycles. The van der Waals surface area contributed by atoms with E-state index in [1.165, 1.54) is 11.5 Å². The Kier molecular flexibility index (Phi) is 5.02. The predicted molar refractivity (Wildman–Crippen MR) is 102 cm³/mol. The van der Waals surface area contributed by atoms with Crippen LogP contribution in [-0.4, -0.2) is 20.8 Å². The van der Waals surface area contributed by atoms with Gasteiger partial charge >= 0.3 is 5.69 Å². The number of ketones is 1. The molecule has 6 heteroatoms. The molecular formula is C20H21N3O3. The summed E-state index contributed by atoms with van der Waals surface area (Å²) in [7, 11) is 0. The Labute approximate surface area is 151 Å². The Balaban J connectivity index is 1.92. The average Bonchev–Trinajstić information content (AvgIpc) is 2.88. The van der Waals surface area contributed by atoms with E-state index in [0.29, 0.717) is 17.8 Å². The molecule has 134 valence electrons. The number of anilines is 1. The van der Waals surface area contributed by atoms with Crippen LogP contribution in [0.3, 0.4) is 0 Å². The van der Waals surface area contributed by atoms with Gasteiger partial charge in [0.05, 0.1) is 16.7 Å². The topological polar surface area (TPSA) is 73.1 Å². The summed E-state index contributed by atoms with van der Waals surface area (Å²) in [5.74, 6) is -0.474. The van der Waals surface area contributed by atoms with Crippen molar-refractivity contribution in [1.29, 1.82) is 0 Å². The SMILES string of the molecule is CCCn1c(=O)n(CC(=O)Nc2ccccc2C(C)=O)c2ccccc21. The molecule has 1 heterocycles. The molecule has 0 saturated carbocycles. The molecule has 6 nitrogen and oxygen atoms in total. The molecule has 3 aromatic rings. The maximum atomic E-state index is 12.7. The number of carbonyl (C=O) groups excluding carboxylic acids is 2. The van der Waals surface area contributed by atoms with Gasteiger partial charge in [-0.1, -0.05) is 31.2 Å². The van der Waals surface area contributed by atoms with Crippen LogP contribution in [0.15, 0.2) is 53.3 Å². The monoisotopic (exact) mass is 351 g/mol. The van der Waals surface area contributed by atoms with Crippen molar-refractivity contribution in [2.75, 3.05) is 5.32 Å². The van der Waals surface area contributed by atoms with E-state index < -0.39 is 0 Å². The second-order valence-electron chi connectivity index (χ2n) is 6.16. The van der Waals surface area contributed by atoms with Crippen LogP contribution < -0.4 is 11.0 Å². The van der Waals surface area contributed by atoms with E-state index >= 15 is 0 Å². The van der Waals surface area contributed by atoms with Crippen molar-refractivity contribution < 1.29 is 9.59 Å². The number of para-hydroxylation sites is 3. The highest BCUT2D eigenvalue weighted by Gasteiger charge is 2.16. The van der Waals surface area contributed by atoms with E-state index in [1.807, 2.05) is 31.2 Å². The van der Waals surface area contributed by atoms with E-state index in [9.17, 15) is 14.4 Å². The van der Waals surface area contributed by atoms with E-state index in [4.69, 9.17) is 0 Å². The smallest absolute Gasteiger partial charge is 0.324 e. The number of rotatable bonds is 6. The molecule has 0 radical (unpaired) electrons. The second-order valence-corrected chi connectivity index (χ2v) is 6.16. The average molecular weight is 351 g/mol. The Hall–Kier alpha value is -3.15. The molecule has 0 atom stereocenters. The van der Waals surface area contributed by atoms with Crippen molar-refractivity contribution in [3.05, 3.63) is 64.6 Å². The standard InChI is InChI=1S/C20H21N3O3/c1-3-12-22-17-10-6-7-11-18(17)23(20(22)26)13-19(25)21-16-9-5-4-8-15(16)14(2)24/h4-11H,3,12-13H2,1-2H3,(H,21,25). The maximum absolute atomic E-state index is 12.7. The number of aryl methyl sites for hydroxylation is 1. The number of Topliss-reactive ketones (excluding diaryl/α,β-unsaturated/α-hetero) is 1. The second kappa shape index (κ2) is 7.39. The fourth-order valence-electron chi connectivity index (χ4n) is 3.10. The molecule has 1 amide bonds. The highest BCUT2D eigenvalue weighted by molar-refractivity contribution is 6.03. The Bertz CT molecular complexity index is 1030. The summed E-state index contributed by atoms with van der Waals surface area (Å²) >= 11 is 0. The van der Waals surface area contributed by atoms with E-state index in [0.717, 1.165) is 17.5 Å². The lowest BCUT2D eigenvalue weighted by atomic mass is 10.1. The van der Waals surface area contributed by atoms with Gasteiger partial charge in [-0.3, -0.25) is 18.7 Å². The Morgan fingerprint density at radius 3 is 2.23 bits per heavy atom. The summed E-state index contributed by atoms with van der Waals surface area (Å²) in [6.07, 6.45) is 0.825. The number of imidazole rings is 1. The first-order valence-electron chi connectivity index (χ1n) is 8.60. The number of hydrogen-bond acceptors (Lipinski definition) is 3. The van der Waals surface area contributed by atoms with Gasteiger partial charge in [0, 0.05) is 12.1 Å². The molecule has 1 aromatic heterocycles. The first kappa shape index (κ1) is 17.7. The van der Waals surface area contributed by atoms with E-state index in [-0.39, 0.29) is 23.9 Å². The molecule has 0 aliphatic rings. The largest absolute Gasteiger partial charge is 0.329 e. The summed E-state index contributed by atoms with van der Waals surface area (Å²) in [6.45, 7) is 3.95. The van der Waals surface area contributed by atoms with Crippen LogP contribution in [0, 0.1) is 0 Å². The van der Waals surface area contributed by atoms with Crippen molar-refractivity contribution in [3.63, 3.8) is 0 Å². The fourth-order valence-corrected chi connectivity index (χ4v) is 3.10. The van der Waals surface area contributed by atoms with Gasteiger partial charge in [-0.2, -0.15) is 0 Å². The molecule has 0 spiro atoms. The molecule has 0 bridgehead atoms. The van der Waals surface area contributed by atoms with Crippen LogP contribution in [0.5, 0.6) is 0 Å². The highest BCUT2D eigenvalue weighted by atomic mass is 16.2. The number of nitrogens with one attached hydrogen (secondary N) is 1. The van der Waals surface area contributed by atoms with Crippen LogP contribution in [0.4, 0.5) is 5.69 Å². The predicted octanol–water partition coefficient (Wildman–Crippen LogP) is 3.05. The Morgan fingerprint density at radius 1 is 0.962 bits per heavy atom. The lowest BCUT2D eigenvalue weighted by Crippen LogP contribution is -2.29. The van der Waals surface area contributed by atoms with Gasteiger partial charge < -0.3 is 5.32 Å². The Morgan fingerprint density at radius 2 is 1.58 bits per heavy atom. The molecular weight excluding hydrogens is 330 g/mol. The van der Waals surface area contributed by atoms with Gasteiger partial charge in [-0.25, -0.2) is 4.79 Å².